The van der Waals surface area contributed by atoms with E-state index in [4.69, 9.17) is 0 Å². The molecule has 0 spiro atoms. The molecule has 17 heavy (non-hydrogen) atoms. The van der Waals surface area contributed by atoms with Crippen LogP contribution in [0, 0.1) is 17.8 Å². The summed E-state index contributed by atoms with van der Waals surface area (Å²) in [6.45, 7) is 7.73. The molecule has 2 atom stereocenters. The molecule has 0 aromatic heterocycles. The zero-order valence-corrected chi connectivity index (χ0v) is 10.9. The fourth-order valence-electron chi connectivity index (χ4n) is 2.94. The van der Waals surface area contributed by atoms with Crippen molar-refractivity contribution in [1.82, 2.24) is 9.80 Å². The number of carbonyl (C=O) groups is 1. The second-order valence-electron chi connectivity index (χ2n) is 6.24. The lowest BCUT2D eigenvalue weighted by molar-refractivity contribution is -0.132. The van der Waals surface area contributed by atoms with Crippen LogP contribution in [0.15, 0.2) is 0 Å². The van der Waals surface area contributed by atoms with Crippen molar-refractivity contribution in [3.05, 3.63) is 0 Å². The Morgan fingerprint density at radius 2 is 1.94 bits per heavy atom. The van der Waals surface area contributed by atoms with Crippen LogP contribution >= 0.6 is 0 Å². The third-order valence-electron chi connectivity index (χ3n) is 4.54. The van der Waals surface area contributed by atoms with Gasteiger partial charge < -0.3 is 9.80 Å². The standard InChI is InChI=1S/C14H24N2O/c1-11-9-13(11)14(17)16-6-2-5-15(7-8-16)10-12-3-4-12/h11-13H,2-10H2,1H3. The molecule has 2 unspecified atom stereocenters. The summed E-state index contributed by atoms with van der Waals surface area (Å²) in [7, 11) is 0. The van der Waals surface area contributed by atoms with Gasteiger partial charge in [-0.15, -0.1) is 0 Å². The summed E-state index contributed by atoms with van der Waals surface area (Å²) in [5.41, 5.74) is 0. The summed E-state index contributed by atoms with van der Waals surface area (Å²) in [5, 5.41) is 0. The second kappa shape index (κ2) is 4.60. The van der Waals surface area contributed by atoms with Crippen molar-refractivity contribution in [3.63, 3.8) is 0 Å². The molecule has 0 aromatic rings. The van der Waals surface area contributed by atoms with Crippen LogP contribution in [0.1, 0.15) is 32.6 Å². The quantitative estimate of drug-likeness (QED) is 0.743. The van der Waals surface area contributed by atoms with Gasteiger partial charge in [0, 0.05) is 32.1 Å². The lowest BCUT2D eigenvalue weighted by atomic mass is 10.3. The van der Waals surface area contributed by atoms with E-state index < -0.39 is 0 Å². The maximum absolute atomic E-state index is 12.2. The Kier molecular flexibility index (Phi) is 3.12. The van der Waals surface area contributed by atoms with E-state index >= 15 is 0 Å². The maximum atomic E-state index is 12.2. The fraction of sp³-hybridized carbons (Fsp3) is 0.929. The van der Waals surface area contributed by atoms with Crippen molar-refractivity contribution in [2.24, 2.45) is 17.8 Å². The zero-order valence-electron chi connectivity index (χ0n) is 10.9. The molecule has 3 aliphatic rings. The van der Waals surface area contributed by atoms with Gasteiger partial charge in [-0.2, -0.15) is 0 Å². The first-order valence-electron chi connectivity index (χ1n) is 7.25. The number of hydrogen-bond acceptors (Lipinski definition) is 2. The van der Waals surface area contributed by atoms with Crippen molar-refractivity contribution in [2.75, 3.05) is 32.7 Å². The molecule has 2 saturated carbocycles. The van der Waals surface area contributed by atoms with Gasteiger partial charge in [-0.25, -0.2) is 0 Å². The van der Waals surface area contributed by atoms with Crippen LogP contribution in [0.25, 0.3) is 0 Å². The van der Waals surface area contributed by atoms with Gasteiger partial charge in [-0.1, -0.05) is 6.92 Å². The highest BCUT2D eigenvalue weighted by atomic mass is 16.2. The third kappa shape index (κ3) is 2.82. The van der Waals surface area contributed by atoms with Crippen LogP contribution in [0.2, 0.25) is 0 Å². The van der Waals surface area contributed by atoms with E-state index in [1.54, 1.807) is 0 Å². The van der Waals surface area contributed by atoms with Gasteiger partial charge in [-0.3, -0.25) is 4.79 Å². The molecule has 1 heterocycles. The SMILES string of the molecule is CC1CC1C(=O)N1CCCN(CC2CC2)CC1. The van der Waals surface area contributed by atoms with Crippen LogP contribution in [-0.2, 0) is 4.79 Å². The van der Waals surface area contributed by atoms with Crippen LogP contribution < -0.4 is 0 Å². The average Bonchev–Trinajstić information content (AvgIpc) is 3.15. The minimum absolute atomic E-state index is 0.366. The van der Waals surface area contributed by atoms with E-state index in [0.717, 1.165) is 32.0 Å². The monoisotopic (exact) mass is 236 g/mol. The first-order chi connectivity index (χ1) is 8.24. The Balaban J connectivity index is 1.49. The van der Waals surface area contributed by atoms with Gasteiger partial charge in [0.1, 0.15) is 0 Å². The average molecular weight is 236 g/mol. The highest BCUT2D eigenvalue weighted by Crippen LogP contribution is 2.39. The van der Waals surface area contributed by atoms with Crippen molar-refractivity contribution in [2.45, 2.75) is 32.6 Å². The highest BCUT2D eigenvalue weighted by Gasteiger charge is 2.41. The molecule has 1 saturated heterocycles. The van der Waals surface area contributed by atoms with E-state index in [2.05, 4.69) is 16.7 Å². The zero-order chi connectivity index (χ0) is 11.8. The third-order valence-corrected chi connectivity index (χ3v) is 4.54. The number of hydrogen-bond donors (Lipinski definition) is 0. The molecular formula is C14H24N2O. The van der Waals surface area contributed by atoms with E-state index in [9.17, 15) is 4.79 Å². The van der Waals surface area contributed by atoms with E-state index in [0.29, 0.717) is 17.7 Å². The number of rotatable bonds is 3. The number of carbonyl (C=O) groups excluding carboxylic acids is 1. The smallest absolute Gasteiger partial charge is 0.226 e. The number of nitrogens with zero attached hydrogens (tertiary/aromatic N) is 2. The Labute approximate surface area is 104 Å². The minimum atomic E-state index is 0.366. The van der Waals surface area contributed by atoms with E-state index in [-0.39, 0.29) is 0 Å². The van der Waals surface area contributed by atoms with Crippen molar-refractivity contribution >= 4 is 5.91 Å². The van der Waals surface area contributed by atoms with Crippen LogP contribution in [0.5, 0.6) is 0 Å². The highest BCUT2D eigenvalue weighted by molar-refractivity contribution is 5.81. The first kappa shape index (κ1) is 11.5. The van der Waals surface area contributed by atoms with Crippen LogP contribution in [0.3, 0.4) is 0 Å². The first-order valence-corrected chi connectivity index (χ1v) is 7.25. The fourth-order valence-corrected chi connectivity index (χ4v) is 2.94. The predicted molar refractivity (Wildman–Crippen MR) is 67.6 cm³/mol. The van der Waals surface area contributed by atoms with Crippen molar-refractivity contribution in [3.8, 4) is 0 Å². The Morgan fingerprint density at radius 3 is 2.59 bits per heavy atom. The molecule has 3 nitrogen and oxygen atoms in total. The molecule has 0 N–H and O–H groups in total. The summed E-state index contributed by atoms with van der Waals surface area (Å²) in [6.07, 6.45) is 5.15. The van der Waals surface area contributed by atoms with Crippen molar-refractivity contribution in [1.29, 1.82) is 0 Å². The predicted octanol–water partition coefficient (Wildman–Crippen LogP) is 1.59. The van der Waals surface area contributed by atoms with Crippen LogP contribution in [-0.4, -0.2) is 48.4 Å². The van der Waals surface area contributed by atoms with Gasteiger partial charge >= 0.3 is 0 Å². The minimum Gasteiger partial charge on any atom is -0.341 e. The summed E-state index contributed by atoms with van der Waals surface area (Å²) >= 11 is 0. The Morgan fingerprint density at radius 1 is 1.18 bits per heavy atom. The summed E-state index contributed by atoms with van der Waals surface area (Å²) < 4.78 is 0. The van der Waals surface area contributed by atoms with E-state index in [1.807, 2.05) is 0 Å². The summed E-state index contributed by atoms with van der Waals surface area (Å²) in [5.74, 6) is 2.42. The second-order valence-corrected chi connectivity index (χ2v) is 6.24. The molecule has 3 fully saturated rings. The Hall–Kier alpha value is -0.570. The summed E-state index contributed by atoms with van der Waals surface area (Å²) in [6, 6.07) is 0. The molecule has 0 bridgehead atoms. The molecule has 0 radical (unpaired) electrons. The van der Waals surface area contributed by atoms with E-state index in [1.165, 1.54) is 32.4 Å². The molecule has 1 amide bonds. The molecule has 3 heteroatoms. The van der Waals surface area contributed by atoms with Crippen LogP contribution in [0.4, 0.5) is 0 Å². The largest absolute Gasteiger partial charge is 0.341 e. The molecule has 0 aromatic carbocycles. The number of amides is 1. The Bertz CT molecular complexity index is 301. The summed E-state index contributed by atoms with van der Waals surface area (Å²) in [4.78, 5) is 16.9. The topological polar surface area (TPSA) is 23.6 Å². The van der Waals surface area contributed by atoms with Crippen molar-refractivity contribution < 1.29 is 4.79 Å². The molecule has 1 aliphatic heterocycles. The molecule has 3 rings (SSSR count). The molecular weight excluding hydrogens is 212 g/mol. The normalized spacial score (nSPS) is 34.5. The van der Waals surface area contributed by atoms with Gasteiger partial charge in [0.2, 0.25) is 5.91 Å². The lowest BCUT2D eigenvalue weighted by Gasteiger charge is -2.22. The molecule has 2 aliphatic carbocycles. The maximum Gasteiger partial charge on any atom is 0.226 e. The van der Waals surface area contributed by atoms with Gasteiger partial charge in [0.05, 0.1) is 0 Å². The molecule has 96 valence electrons. The van der Waals surface area contributed by atoms with Gasteiger partial charge in [-0.05, 0) is 44.1 Å². The van der Waals surface area contributed by atoms with Gasteiger partial charge in [0.15, 0.2) is 0 Å². The lowest BCUT2D eigenvalue weighted by Crippen LogP contribution is -2.36. The van der Waals surface area contributed by atoms with Gasteiger partial charge in [0.25, 0.3) is 0 Å².